The fourth-order valence-corrected chi connectivity index (χ4v) is 4.15. The number of esters is 1. The number of alkyl halides is 2. The Morgan fingerprint density at radius 3 is 2.89 bits per heavy atom. The van der Waals surface area contributed by atoms with Crippen LogP contribution in [0.3, 0.4) is 0 Å². The Morgan fingerprint density at radius 1 is 1.40 bits per heavy atom. The molecule has 1 aromatic heterocycles. The zero-order valence-corrected chi connectivity index (χ0v) is 19.8. The molecule has 1 atom stereocenters. The van der Waals surface area contributed by atoms with Gasteiger partial charge >= 0.3 is 12.6 Å². The van der Waals surface area contributed by atoms with Crippen molar-refractivity contribution in [2.75, 3.05) is 31.6 Å². The van der Waals surface area contributed by atoms with Crippen LogP contribution in [0.2, 0.25) is 0 Å². The number of nitriles is 1. The van der Waals surface area contributed by atoms with Gasteiger partial charge in [0.1, 0.15) is 28.8 Å². The Kier molecular flexibility index (Phi) is 9.14. The van der Waals surface area contributed by atoms with Crippen LogP contribution < -0.4 is 10.1 Å². The molecule has 0 bridgehead atoms. The van der Waals surface area contributed by atoms with Gasteiger partial charge < -0.3 is 24.8 Å². The standard InChI is InChI=1S/C24H29F2N5O4/c1-3-34-21(33)7-5-11-31-10-4-6-16(14-31)28-23-19(13-27)15(2)22(29-30-23)18-9-8-17(12-20(18)32)35-24(25)26/h8-9,12,16,24,32H,3-7,10-11,14H2,1-2H3,(H,28,30). The van der Waals surface area contributed by atoms with E-state index in [1.807, 2.05) is 0 Å². The van der Waals surface area contributed by atoms with Crippen LogP contribution >= 0.6 is 0 Å². The van der Waals surface area contributed by atoms with Crippen LogP contribution in [-0.4, -0.2) is 65.1 Å². The van der Waals surface area contributed by atoms with E-state index in [1.54, 1.807) is 13.8 Å². The maximum Gasteiger partial charge on any atom is 0.387 e. The highest BCUT2D eigenvalue weighted by molar-refractivity contribution is 5.74. The zero-order valence-electron chi connectivity index (χ0n) is 19.8. The number of aromatic nitrogens is 2. The molecule has 2 N–H and O–H groups in total. The number of anilines is 1. The molecule has 1 fully saturated rings. The summed E-state index contributed by atoms with van der Waals surface area (Å²) >= 11 is 0. The zero-order chi connectivity index (χ0) is 25.4. The summed E-state index contributed by atoms with van der Waals surface area (Å²) in [6.45, 7) is 3.30. The molecule has 1 aromatic carbocycles. The SMILES string of the molecule is CCOC(=O)CCCN1CCCC(Nc2nnc(-c3ccc(OC(F)F)cc3O)c(C)c2C#N)C1. The number of nitrogens with one attached hydrogen (secondary N) is 1. The molecular weight excluding hydrogens is 460 g/mol. The highest BCUT2D eigenvalue weighted by Gasteiger charge is 2.23. The van der Waals surface area contributed by atoms with E-state index >= 15 is 0 Å². The summed E-state index contributed by atoms with van der Waals surface area (Å²) in [4.78, 5) is 13.8. The maximum atomic E-state index is 12.4. The Labute approximate surface area is 202 Å². The summed E-state index contributed by atoms with van der Waals surface area (Å²) in [7, 11) is 0. The highest BCUT2D eigenvalue weighted by Crippen LogP contribution is 2.35. The van der Waals surface area contributed by atoms with Gasteiger partial charge in [-0.2, -0.15) is 14.0 Å². The van der Waals surface area contributed by atoms with E-state index in [0.717, 1.165) is 38.5 Å². The lowest BCUT2D eigenvalue weighted by atomic mass is 10.0. The molecule has 9 nitrogen and oxygen atoms in total. The van der Waals surface area contributed by atoms with Crippen molar-refractivity contribution >= 4 is 11.8 Å². The largest absolute Gasteiger partial charge is 0.507 e. The molecule has 2 aromatic rings. The molecule has 3 rings (SSSR count). The molecule has 0 radical (unpaired) electrons. The van der Waals surface area contributed by atoms with Crippen molar-refractivity contribution in [2.45, 2.75) is 52.2 Å². The van der Waals surface area contributed by atoms with E-state index in [0.29, 0.717) is 36.4 Å². The van der Waals surface area contributed by atoms with E-state index in [4.69, 9.17) is 4.74 Å². The first kappa shape index (κ1) is 26.1. The minimum absolute atomic E-state index is 0.0529. The number of phenolic OH excluding ortho intramolecular Hbond substituents is 1. The van der Waals surface area contributed by atoms with E-state index in [1.165, 1.54) is 12.1 Å². The van der Waals surface area contributed by atoms with Crippen LogP contribution in [0.15, 0.2) is 18.2 Å². The van der Waals surface area contributed by atoms with Crippen molar-refractivity contribution in [3.63, 3.8) is 0 Å². The number of nitrogens with zero attached hydrogens (tertiary/aromatic N) is 4. The molecular formula is C24H29F2N5O4. The third kappa shape index (κ3) is 6.99. The van der Waals surface area contributed by atoms with E-state index in [-0.39, 0.29) is 34.8 Å². The molecule has 0 saturated carbocycles. The van der Waals surface area contributed by atoms with Gasteiger partial charge in [0.25, 0.3) is 0 Å². The smallest absolute Gasteiger partial charge is 0.387 e. The van der Waals surface area contributed by atoms with Crippen molar-refractivity contribution in [1.29, 1.82) is 5.26 Å². The monoisotopic (exact) mass is 489 g/mol. The molecule has 35 heavy (non-hydrogen) atoms. The summed E-state index contributed by atoms with van der Waals surface area (Å²) in [6.07, 6.45) is 2.96. The minimum atomic E-state index is -3.01. The van der Waals surface area contributed by atoms with Gasteiger partial charge in [0.2, 0.25) is 0 Å². The number of ether oxygens (including phenoxy) is 2. The van der Waals surface area contributed by atoms with Crippen LogP contribution in [0.4, 0.5) is 14.6 Å². The lowest BCUT2D eigenvalue weighted by Crippen LogP contribution is -2.42. The number of phenols is 1. The van der Waals surface area contributed by atoms with Crippen LogP contribution in [0.25, 0.3) is 11.3 Å². The molecule has 1 aliphatic heterocycles. The van der Waals surface area contributed by atoms with Gasteiger partial charge in [0.05, 0.1) is 6.61 Å². The molecule has 1 saturated heterocycles. The number of hydrogen-bond donors (Lipinski definition) is 2. The van der Waals surface area contributed by atoms with Gasteiger partial charge in [-0.25, -0.2) is 0 Å². The van der Waals surface area contributed by atoms with Crippen molar-refractivity contribution < 1.29 is 28.2 Å². The number of piperidine rings is 1. The second kappa shape index (κ2) is 12.3. The molecule has 0 aliphatic carbocycles. The van der Waals surface area contributed by atoms with Crippen LogP contribution in [0, 0.1) is 18.3 Å². The Balaban J connectivity index is 1.70. The summed E-state index contributed by atoms with van der Waals surface area (Å²) < 4.78 is 34.1. The summed E-state index contributed by atoms with van der Waals surface area (Å²) in [6, 6.07) is 5.96. The van der Waals surface area contributed by atoms with Crippen LogP contribution in [0.5, 0.6) is 11.5 Å². The van der Waals surface area contributed by atoms with Gasteiger partial charge in [-0.1, -0.05) is 0 Å². The van der Waals surface area contributed by atoms with Gasteiger partial charge in [0.15, 0.2) is 5.82 Å². The molecule has 188 valence electrons. The normalized spacial score (nSPS) is 16.1. The lowest BCUT2D eigenvalue weighted by Gasteiger charge is -2.33. The number of rotatable bonds is 10. The van der Waals surface area contributed by atoms with Crippen molar-refractivity contribution in [3.8, 4) is 28.8 Å². The van der Waals surface area contributed by atoms with E-state index in [2.05, 4.69) is 31.2 Å². The summed E-state index contributed by atoms with van der Waals surface area (Å²) in [5.41, 5.74) is 1.33. The van der Waals surface area contributed by atoms with Gasteiger partial charge in [0, 0.05) is 30.6 Å². The number of halogens is 2. The topological polar surface area (TPSA) is 121 Å². The van der Waals surface area contributed by atoms with Crippen LogP contribution in [-0.2, 0) is 9.53 Å². The molecule has 1 aliphatic rings. The van der Waals surface area contributed by atoms with Crippen molar-refractivity contribution in [3.05, 3.63) is 29.3 Å². The molecule has 0 spiro atoms. The number of likely N-dealkylation sites (tertiary alicyclic amines) is 1. The number of aromatic hydroxyl groups is 1. The third-order valence-electron chi connectivity index (χ3n) is 5.79. The van der Waals surface area contributed by atoms with Gasteiger partial charge in [-0.3, -0.25) is 4.79 Å². The Bertz CT molecular complexity index is 1080. The second-order valence-corrected chi connectivity index (χ2v) is 8.26. The number of hydrogen-bond acceptors (Lipinski definition) is 9. The predicted octanol–water partition coefficient (Wildman–Crippen LogP) is 3.85. The average Bonchev–Trinajstić information content (AvgIpc) is 2.80. The lowest BCUT2D eigenvalue weighted by molar-refractivity contribution is -0.143. The molecule has 11 heteroatoms. The first-order valence-electron chi connectivity index (χ1n) is 11.5. The van der Waals surface area contributed by atoms with E-state index in [9.17, 15) is 23.9 Å². The molecule has 2 heterocycles. The average molecular weight is 490 g/mol. The van der Waals surface area contributed by atoms with Crippen molar-refractivity contribution in [2.24, 2.45) is 0 Å². The maximum absolute atomic E-state index is 12.4. The molecule has 0 amide bonds. The second-order valence-electron chi connectivity index (χ2n) is 8.26. The fraction of sp³-hybridized carbons (Fsp3) is 0.500. The summed E-state index contributed by atoms with van der Waals surface area (Å²) in [5, 5.41) is 31.8. The number of carbonyl (C=O) groups excluding carboxylic acids is 1. The van der Waals surface area contributed by atoms with Crippen molar-refractivity contribution in [1.82, 2.24) is 15.1 Å². The van der Waals surface area contributed by atoms with Gasteiger partial charge in [-0.05, 0) is 63.9 Å². The number of carbonyl (C=O) groups is 1. The Hall–Kier alpha value is -3.52. The minimum Gasteiger partial charge on any atom is -0.507 e. The van der Waals surface area contributed by atoms with E-state index < -0.39 is 6.61 Å². The summed E-state index contributed by atoms with van der Waals surface area (Å²) in [5.74, 6) is -0.333. The number of benzene rings is 1. The first-order valence-corrected chi connectivity index (χ1v) is 11.5. The van der Waals surface area contributed by atoms with Crippen LogP contribution in [0.1, 0.15) is 43.7 Å². The fourth-order valence-electron chi connectivity index (χ4n) is 4.15. The van der Waals surface area contributed by atoms with Gasteiger partial charge in [-0.15, -0.1) is 10.2 Å². The Morgan fingerprint density at radius 2 is 2.20 bits per heavy atom. The molecule has 1 unspecified atom stereocenters. The highest BCUT2D eigenvalue weighted by atomic mass is 19.3. The predicted molar refractivity (Wildman–Crippen MR) is 124 cm³/mol. The third-order valence-corrected chi connectivity index (χ3v) is 5.79. The quantitative estimate of drug-likeness (QED) is 0.479. The first-order chi connectivity index (χ1) is 16.8.